The summed E-state index contributed by atoms with van der Waals surface area (Å²) < 4.78 is 5.57. The van der Waals surface area contributed by atoms with Crippen molar-refractivity contribution in [3.63, 3.8) is 0 Å². The van der Waals surface area contributed by atoms with Gasteiger partial charge in [-0.05, 0) is 57.7 Å². The van der Waals surface area contributed by atoms with Crippen molar-refractivity contribution in [2.24, 2.45) is 5.92 Å². The van der Waals surface area contributed by atoms with Crippen molar-refractivity contribution in [3.05, 3.63) is 0 Å². The lowest BCUT2D eigenvalue weighted by molar-refractivity contribution is -0.00525. The van der Waals surface area contributed by atoms with Gasteiger partial charge in [0.25, 0.3) is 0 Å². The molecule has 1 saturated carbocycles. The average Bonchev–Trinajstić information content (AvgIpc) is 3.23. The van der Waals surface area contributed by atoms with E-state index in [1.165, 1.54) is 64.6 Å². The fourth-order valence-corrected chi connectivity index (χ4v) is 3.02. The smallest absolute Gasteiger partial charge is 0.0724 e. The highest BCUT2D eigenvalue weighted by atomic mass is 16.5. The van der Waals surface area contributed by atoms with Crippen molar-refractivity contribution in [3.8, 4) is 0 Å². The summed E-state index contributed by atoms with van der Waals surface area (Å²) in [4.78, 5) is 2.59. The maximum atomic E-state index is 5.57. The third-order valence-electron chi connectivity index (χ3n) is 4.69. The largest absolute Gasteiger partial charge is 0.380 e. The van der Waals surface area contributed by atoms with Gasteiger partial charge in [0.2, 0.25) is 0 Å². The minimum absolute atomic E-state index is 0.455. The zero-order valence-corrected chi connectivity index (χ0v) is 12.9. The van der Waals surface area contributed by atoms with Crippen LogP contribution in [-0.2, 0) is 4.74 Å². The summed E-state index contributed by atoms with van der Waals surface area (Å²) in [6.45, 7) is 7.23. The molecule has 1 N–H and O–H groups in total. The normalized spacial score (nSPS) is 28.7. The third-order valence-corrected chi connectivity index (χ3v) is 4.69. The molecule has 2 rings (SSSR count). The summed E-state index contributed by atoms with van der Waals surface area (Å²) in [6, 6.07) is 0.876. The molecule has 112 valence electrons. The molecule has 2 fully saturated rings. The molecule has 1 aliphatic carbocycles. The predicted molar refractivity (Wildman–Crippen MR) is 80.5 cm³/mol. The summed E-state index contributed by atoms with van der Waals surface area (Å²) in [6.07, 6.45) is 10.1. The average molecular weight is 268 g/mol. The second-order valence-corrected chi connectivity index (χ2v) is 6.48. The van der Waals surface area contributed by atoms with Gasteiger partial charge in [0, 0.05) is 19.7 Å². The molecular formula is C16H32N2O. The molecule has 0 aromatic carbocycles. The quantitative estimate of drug-likeness (QED) is 0.651. The highest BCUT2D eigenvalue weighted by Gasteiger charge is 2.25. The van der Waals surface area contributed by atoms with Gasteiger partial charge in [0.15, 0.2) is 0 Å². The lowest BCUT2D eigenvalue weighted by Gasteiger charge is -2.36. The van der Waals surface area contributed by atoms with E-state index in [1.807, 2.05) is 7.11 Å². The molecule has 1 saturated heterocycles. The van der Waals surface area contributed by atoms with E-state index in [0.717, 1.165) is 18.5 Å². The monoisotopic (exact) mass is 268 g/mol. The number of nitrogens with one attached hydrogen (secondary N) is 1. The summed E-state index contributed by atoms with van der Waals surface area (Å²) in [5, 5.41) is 3.59. The van der Waals surface area contributed by atoms with Gasteiger partial charge >= 0.3 is 0 Å². The van der Waals surface area contributed by atoms with Crippen LogP contribution in [0.3, 0.4) is 0 Å². The number of rotatable bonds is 9. The SMILES string of the molecule is COC1CN(CCCCCCNC2CC2)CCC1C. The Hall–Kier alpha value is -0.120. The summed E-state index contributed by atoms with van der Waals surface area (Å²) >= 11 is 0. The number of hydrogen-bond donors (Lipinski definition) is 1. The second-order valence-electron chi connectivity index (χ2n) is 6.48. The zero-order valence-electron chi connectivity index (χ0n) is 12.9. The van der Waals surface area contributed by atoms with E-state index in [-0.39, 0.29) is 0 Å². The zero-order chi connectivity index (χ0) is 13.5. The number of likely N-dealkylation sites (tertiary alicyclic amines) is 1. The molecule has 2 atom stereocenters. The van der Waals surface area contributed by atoms with Crippen LogP contribution < -0.4 is 5.32 Å². The third kappa shape index (κ3) is 5.80. The van der Waals surface area contributed by atoms with E-state index in [4.69, 9.17) is 4.74 Å². The van der Waals surface area contributed by atoms with E-state index in [0.29, 0.717) is 6.10 Å². The summed E-state index contributed by atoms with van der Waals surface area (Å²) in [5.41, 5.74) is 0. The van der Waals surface area contributed by atoms with Crippen molar-refractivity contribution >= 4 is 0 Å². The number of methoxy groups -OCH3 is 1. The molecule has 0 amide bonds. The first-order valence-electron chi connectivity index (χ1n) is 8.28. The van der Waals surface area contributed by atoms with E-state index in [1.54, 1.807) is 0 Å². The number of ether oxygens (including phenoxy) is 1. The Morgan fingerprint density at radius 2 is 1.89 bits per heavy atom. The lowest BCUT2D eigenvalue weighted by Crippen LogP contribution is -2.44. The summed E-state index contributed by atoms with van der Waals surface area (Å²) in [5.74, 6) is 0.731. The highest BCUT2D eigenvalue weighted by molar-refractivity contribution is 4.80. The van der Waals surface area contributed by atoms with Crippen LogP contribution in [0.4, 0.5) is 0 Å². The Morgan fingerprint density at radius 3 is 2.63 bits per heavy atom. The van der Waals surface area contributed by atoms with Crippen LogP contribution in [-0.4, -0.2) is 50.3 Å². The Balaban J connectivity index is 1.43. The predicted octanol–water partition coefficient (Wildman–Crippen LogP) is 2.66. The van der Waals surface area contributed by atoms with Crippen molar-refractivity contribution in [1.29, 1.82) is 0 Å². The maximum absolute atomic E-state index is 5.57. The standard InChI is InChI=1S/C16H32N2O/c1-14-9-12-18(13-16(14)19-2)11-6-4-3-5-10-17-15-7-8-15/h14-17H,3-13H2,1-2H3. The van der Waals surface area contributed by atoms with E-state index in [2.05, 4.69) is 17.1 Å². The molecule has 19 heavy (non-hydrogen) atoms. The van der Waals surface area contributed by atoms with Crippen LogP contribution in [0.5, 0.6) is 0 Å². The van der Waals surface area contributed by atoms with Crippen LogP contribution in [0, 0.1) is 5.92 Å². The topological polar surface area (TPSA) is 24.5 Å². The van der Waals surface area contributed by atoms with Crippen LogP contribution in [0.25, 0.3) is 0 Å². The first-order chi connectivity index (χ1) is 9.29. The molecule has 0 spiro atoms. The molecule has 0 aromatic rings. The van der Waals surface area contributed by atoms with Gasteiger partial charge in [-0.1, -0.05) is 19.8 Å². The number of unbranched alkanes of at least 4 members (excludes halogenated alkanes) is 3. The van der Waals surface area contributed by atoms with Gasteiger partial charge in [-0.15, -0.1) is 0 Å². The molecule has 1 heterocycles. The second kappa shape index (κ2) is 8.23. The molecule has 0 radical (unpaired) electrons. The van der Waals surface area contributed by atoms with Crippen molar-refractivity contribution < 1.29 is 4.74 Å². The molecule has 2 aliphatic rings. The van der Waals surface area contributed by atoms with Gasteiger partial charge in [0.05, 0.1) is 6.10 Å². The van der Waals surface area contributed by atoms with Gasteiger partial charge in [-0.3, -0.25) is 0 Å². The van der Waals surface area contributed by atoms with Crippen LogP contribution in [0.2, 0.25) is 0 Å². The molecule has 0 aromatic heterocycles. The van der Waals surface area contributed by atoms with Crippen LogP contribution in [0.1, 0.15) is 51.9 Å². The molecule has 2 unspecified atom stereocenters. The van der Waals surface area contributed by atoms with Gasteiger partial charge < -0.3 is 15.0 Å². The minimum atomic E-state index is 0.455. The molecule has 3 nitrogen and oxygen atoms in total. The van der Waals surface area contributed by atoms with E-state index >= 15 is 0 Å². The van der Waals surface area contributed by atoms with E-state index in [9.17, 15) is 0 Å². The number of nitrogens with zero attached hydrogens (tertiary/aromatic N) is 1. The fourth-order valence-electron chi connectivity index (χ4n) is 3.02. The maximum Gasteiger partial charge on any atom is 0.0724 e. The number of piperidine rings is 1. The molecule has 0 bridgehead atoms. The molecule has 1 aliphatic heterocycles. The molecule has 3 heteroatoms. The van der Waals surface area contributed by atoms with Crippen LogP contribution in [0.15, 0.2) is 0 Å². The van der Waals surface area contributed by atoms with Crippen molar-refractivity contribution in [1.82, 2.24) is 10.2 Å². The van der Waals surface area contributed by atoms with Crippen molar-refractivity contribution in [2.75, 3.05) is 33.3 Å². The summed E-state index contributed by atoms with van der Waals surface area (Å²) in [7, 11) is 1.86. The Kier molecular flexibility index (Phi) is 6.62. The Labute approximate surface area is 119 Å². The van der Waals surface area contributed by atoms with Gasteiger partial charge in [-0.25, -0.2) is 0 Å². The highest BCUT2D eigenvalue weighted by Crippen LogP contribution is 2.20. The number of hydrogen-bond acceptors (Lipinski definition) is 3. The lowest BCUT2D eigenvalue weighted by atomic mass is 9.95. The van der Waals surface area contributed by atoms with Gasteiger partial charge in [0.1, 0.15) is 0 Å². The van der Waals surface area contributed by atoms with Crippen molar-refractivity contribution in [2.45, 2.75) is 64.0 Å². The Bertz CT molecular complexity index is 243. The fraction of sp³-hybridized carbons (Fsp3) is 1.00. The Morgan fingerprint density at radius 1 is 1.11 bits per heavy atom. The first kappa shape index (κ1) is 15.3. The van der Waals surface area contributed by atoms with Crippen LogP contribution >= 0.6 is 0 Å². The van der Waals surface area contributed by atoms with Gasteiger partial charge in [-0.2, -0.15) is 0 Å². The first-order valence-corrected chi connectivity index (χ1v) is 8.28. The van der Waals surface area contributed by atoms with E-state index < -0.39 is 0 Å². The minimum Gasteiger partial charge on any atom is -0.380 e. The molecular weight excluding hydrogens is 236 g/mol.